The average Bonchev–Trinajstić information content (AvgIpc) is 3.09. The van der Waals surface area contributed by atoms with Gasteiger partial charge in [-0.05, 0) is 68.7 Å². The second kappa shape index (κ2) is 9.23. The molecule has 48 heavy (non-hydrogen) atoms. The highest BCUT2D eigenvalue weighted by Gasteiger charge is 2.40. The van der Waals surface area contributed by atoms with Crippen LogP contribution in [0.3, 0.4) is 0 Å². The van der Waals surface area contributed by atoms with E-state index in [4.69, 9.17) is 0 Å². The molecule has 12 nitrogen and oxygen atoms in total. The van der Waals surface area contributed by atoms with Gasteiger partial charge in [0.2, 0.25) is 0 Å². The van der Waals surface area contributed by atoms with Gasteiger partial charge in [0.05, 0.1) is 9.85 Å². The highest BCUT2D eigenvalue weighted by molar-refractivity contribution is 6.45. The molecule has 0 saturated carbocycles. The Kier molecular flexibility index (Phi) is 5.24. The summed E-state index contributed by atoms with van der Waals surface area (Å²) in [6.07, 6.45) is 0. The van der Waals surface area contributed by atoms with Crippen LogP contribution < -0.4 is 9.80 Å². The van der Waals surface area contributed by atoms with E-state index in [0.717, 1.165) is 9.80 Å². The molecule has 0 aromatic heterocycles. The van der Waals surface area contributed by atoms with E-state index in [2.05, 4.69) is 0 Å². The van der Waals surface area contributed by atoms with Crippen molar-refractivity contribution in [2.75, 3.05) is 9.80 Å². The number of nitro groups is 2. The quantitative estimate of drug-likeness (QED) is 0.0649. The van der Waals surface area contributed by atoms with Gasteiger partial charge in [0.15, 0.2) is 0 Å². The first-order chi connectivity index (χ1) is 23.2. The topological polar surface area (TPSA) is 161 Å². The monoisotopic (exact) mass is 632 g/mol. The molecule has 2 heterocycles. The number of hydrogen-bond donors (Lipinski definition) is 0. The molecule has 7 aromatic carbocycles. The summed E-state index contributed by atoms with van der Waals surface area (Å²) in [6, 6.07) is 24.4. The van der Waals surface area contributed by atoms with Crippen LogP contribution in [0.5, 0.6) is 0 Å². The number of nitrogens with zero attached hydrogens (tertiary/aromatic N) is 4. The van der Waals surface area contributed by atoms with Crippen molar-refractivity contribution in [2.45, 2.75) is 0 Å². The van der Waals surface area contributed by atoms with Gasteiger partial charge >= 0.3 is 0 Å². The van der Waals surface area contributed by atoms with E-state index in [1.165, 1.54) is 48.5 Å². The van der Waals surface area contributed by atoms with Gasteiger partial charge in [-0.15, -0.1) is 0 Å². The minimum Gasteiger partial charge on any atom is -0.268 e. The minimum absolute atomic E-state index is 0.134. The number of carbonyl (C=O) groups excluding carboxylic acids is 4. The molecule has 0 N–H and O–H groups in total. The molecule has 0 aliphatic carbocycles. The van der Waals surface area contributed by atoms with Crippen LogP contribution in [-0.4, -0.2) is 33.5 Å². The Bertz CT molecular complexity index is 2430. The number of para-hydroxylation sites is 4. The van der Waals surface area contributed by atoms with Crippen LogP contribution in [0.15, 0.2) is 97.1 Å². The summed E-state index contributed by atoms with van der Waals surface area (Å²) in [5, 5.41) is 28.3. The Morgan fingerprint density at radius 1 is 0.396 bits per heavy atom. The Morgan fingerprint density at radius 3 is 0.979 bits per heavy atom. The summed E-state index contributed by atoms with van der Waals surface area (Å²) in [4.78, 5) is 79.7. The van der Waals surface area contributed by atoms with Gasteiger partial charge in [-0.3, -0.25) is 39.4 Å². The van der Waals surface area contributed by atoms with Crippen molar-refractivity contribution in [3.05, 3.63) is 140 Å². The SMILES string of the molecule is O=C1c2ccc3c4ccc5c6c(ccc(c7ccc(c2c37)C(=O)N1c1ccccc1[N+](=O)[O-])c64)C(=O)N(c1ccccc1[N+](=O)[O-])C5=O. The Hall–Kier alpha value is -7.08. The number of benzene rings is 7. The standard InChI is InChI=1S/C36H16N4O8/c41-33-21-13-9-17-19-11-15-23-32-24(36(44)38(35(23)43)26-6-2-4-8-28(26)40(47)48)16-12-20(30(19)32)18-10-14-22(31(21)29(17)18)34(42)37(33)25-5-1-3-7-27(25)39(45)46/h1-16H. The summed E-state index contributed by atoms with van der Waals surface area (Å²) < 4.78 is 0. The number of carbonyl (C=O) groups is 4. The average molecular weight is 633 g/mol. The van der Waals surface area contributed by atoms with Crippen molar-refractivity contribution in [1.82, 2.24) is 0 Å². The minimum atomic E-state index is -0.701. The van der Waals surface area contributed by atoms with Gasteiger partial charge in [0, 0.05) is 45.2 Å². The number of hydrogen-bond acceptors (Lipinski definition) is 8. The smallest absolute Gasteiger partial charge is 0.268 e. The van der Waals surface area contributed by atoms with E-state index in [1.807, 2.05) is 0 Å². The third kappa shape index (κ3) is 3.27. The number of amides is 4. The molecule has 7 aromatic rings. The molecule has 4 amide bonds. The van der Waals surface area contributed by atoms with E-state index in [0.29, 0.717) is 43.1 Å². The van der Waals surface area contributed by atoms with Gasteiger partial charge in [-0.2, -0.15) is 0 Å². The van der Waals surface area contributed by atoms with Crippen molar-refractivity contribution in [2.24, 2.45) is 0 Å². The number of imide groups is 2. The molecular formula is C36H16N4O8. The zero-order chi connectivity index (χ0) is 33.2. The van der Waals surface area contributed by atoms with Crippen LogP contribution in [0, 0.1) is 20.2 Å². The fourth-order valence-corrected chi connectivity index (χ4v) is 7.32. The second-order valence-electron chi connectivity index (χ2n) is 11.5. The maximum Gasteiger partial charge on any atom is 0.293 e. The predicted molar refractivity (Wildman–Crippen MR) is 176 cm³/mol. The molecule has 0 atom stereocenters. The van der Waals surface area contributed by atoms with E-state index in [-0.39, 0.29) is 45.0 Å². The number of rotatable bonds is 4. The third-order valence-corrected chi connectivity index (χ3v) is 9.27. The van der Waals surface area contributed by atoms with Crippen LogP contribution in [-0.2, 0) is 0 Å². The highest BCUT2D eigenvalue weighted by atomic mass is 16.6. The van der Waals surface area contributed by atoms with Gasteiger partial charge in [-0.25, -0.2) is 9.80 Å². The maximum atomic E-state index is 13.9. The van der Waals surface area contributed by atoms with Crippen molar-refractivity contribution in [3.63, 3.8) is 0 Å². The Balaban J connectivity index is 1.30. The summed E-state index contributed by atoms with van der Waals surface area (Å²) >= 11 is 0. The van der Waals surface area contributed by atoms with Crippen molar-refractivity contribution in [1.29, 1.82) is 0 Å². The summed E-state index contributed by atoms with van der Waals surface area (Å²) in [7, 11) is 0. The molecule has 0 radical (unpaired) electrons. The predicted octanol–water partition coefficient (Wildman–Crippen LogP) is 7.15. The second-order valence-corrected chi connectivity index (χ2v) is 11.5. The van der Waals surface area contributed by atoms with Crippen molar-refractivity contribution < 1.29 is 29.0 Å². The zero-order valence-corrected chi connectivity index (χ0v) is 24.3. The normalized spacial score (nSPS) is 14.2. The van der Waals surface area contributed by atoms with Crippen LogP contribution in [0.25, 0.3) is 43.1 Å². The Morgan fingerprint density at radius 2 is 0.688 bits per heavy atom. The first-order valence-corrected chi connectivity index (χ1v) is 14.6. The molecule has 228 valence electrons. The van der Waals surface area contributed by atoms with Crippen LogP contribution in [0.4, 0.5) is 22.7 Å². The van der Waals surface area contributed by atoms with Crippen LogP contribution >= 0.6 is 0 Å². The molecule has 0 saturated heterocycles. The summed E-state index contributed by atoms with van der Waals surface area (Å²) in [6.45, 7) is 0. The highest BCUT2D eigenvalue weighted by Crippen LogP contribution is 2.47. The van der Waals surface area contributed by atoms with E-state index in [1.54, 1.807) is 48.5 Å². The first kappa shape index (κ1) is 27.2. The first-order valence-electron chi connectivity index (χ1n) is 14.6. The number of nitro benzene ring substituents is 2. The molecule has 2 aliphatic rings. The molecule has 2 aliphatic heterocycles. The molecule has 0 bridgehead atoms. The van der Waals surface area contributed by atoms with Gasteiger partial charge < -0.3 is 0 Å². The van der Waals surface area contributed by atoms with Crippen molar-refractivity contribution in [3.8, 4) is 0 Å². The largest absolute Gasteiger partial charge is 0.293 e. The summed E-state index contributed by atoms with van der Waals surface area (Å²) in [5.74, 6) is -2.80. The molecule has 0 fully saturated rings. The fraction of sp³-hybridized carbons (Fsp3) is 0. The Labute approximate surface area is 267 Å². The molecule has 0 unspecified atom stereocenters. The van der Waals surface area contributed by atoms with Gasteiger partial charge in [0.1, 0.15) is 11.4 Å². The van der Waals surface area contributed by atoms with Crippen molar-refractivity contribution >= 4 is 89.5 Å². The lowest BCUT2D eigenvalue weighted by atomic mass is 9.82. The van der Waals surface area contributed by atoms with Gasteiger partial charge in [0.25, 0.3) is 35.0 Å². The lowest BCUT2D eigenvalue weighted by Gasteiger charge is -2.29. The fourth-order valence-electron chi connectivity index (χ4n) is 7.32. The molecule has 0 spiro atoms. The summed E-state index contributed by atoms with van der Waals surface area (Å²) in [5.41, 5.74) is -0.245. The molecule has 12 heteroatoms. The lowest BCUT2D eigenvalue weighted by Crippen LogP contribution is -2.41. The van der Waals surface area contributed by atoms with Gasteiger partial charge in [-0.1, -0.05) is 48.5 Å². The van der Waals surface area contributed by atoms with Crippen LogP contribution in [0.1, 0.15) is 41.4 Å². The molecule has 9 rings (SSSR count). The number of anilines is 2. The number of fused-ring (bicyclic) bond motifs is 2. The van der Waals surface area contributed by atoms with Crippen LogP contribution in [0.2, 0.25) is 0 Å². The zero-order valence-electron chi connectivity index (χ0n) is 24.3. The lowest BCUT2D eigenvalue weighted by molar-refractivity contribution is -0.384. The maximum absolute atomic E-state index is 13.9. The van der Waals surface area contributed by atoms with E-state index < -0.39 is 33.5 Å². The van der Waals surface area contributed by atoms with E-state index in [9.17, 15) is 39.4 Å². The molecular weight excluding hydrogens is 616 g/mol. The van der Waals surface area contributed by atoms with E-state index >= 15 is 0 Å². The third-order valence-electron chi connectivity index (χ3n) is 9.27.